The van der Waals surface area contributed by atoms with Gasteiger partial charge in [0.15, 0.2) is 0 Å². The normalized spacial score (nSPS) is 19.6. The topological polar surface area (TPSA) is 72.9 Å². The van der Waals surface area contributed by atoms with Crippen molar-refractivity contribution >= 4 is 18.3 Å². The summed E-state index contributed by atoms with van der Waals surface area (Å²) in [6.07, 6.45) is 1.19. The lowest BCUT2D eigenvalue weighted by atomic mass is 9.70. The number of hydrogen-bond donors (Lipinski definition) is 0. The van der Waals surface area contributed by atoms with E-state index in [1.54, 1.807) is 11.8 Å². The highest BCUT2D eigenvalue weighted by atomic mass is 16.6. The molecule has 1 fully saturated rings. The van der Waals surface area contributed by atoms with Crippen LogP contribution < -0.4 is 0 Å². The fourth-order valence-electron chi connectivity index (χ4n) is 2.59. The third kappa shape index (κ3) is 3.95. The Hall–Kier alpha value is -1.59. The quantitative estimate of drug-likeness (QED) is 0.589. The zero-order valence-corrected chi connectivity index (χ0v) is 13.5. The second kappa shape index (κ2) is 6.45. The molecule has 0 radical (unpaired) electrons. The largest absolute Gasteiger partial charge is 0.469 e. The first-order valence-electron chi connectivity index (χ1n) is 7.18. The van der Waals surface area contributed by atoms with Gasteiger partial charge in [0.05, 0.1) is 12.5 Å². The Morgan fingerprint density at radius 2 is 1.76 bits per heavy atom. The smallest absolute Gasteiger partial charge is 0.410 e. The minimum atomic E-state index is -0.838. The monoisotopic (exact) mass is 299 g/mol. The third-order valence-corrected chi connectivity index (χ3v) is 3.98. The van der Waals surface area contributed by atoms with E-state index in [-0.39, 0.29) is 12.1 Å². The molecule has 0 aliphatic carbocycles. The number of methoxy groups -OCH3 is 1. The van der Waals surface area contributed by atoms with E-state index in [1.165, 1.54) is 7.11 Å². The predicted octanol–water partition coefficient (Wildman–Crippen LogP) is 2.01. The molecule has 1 atom stereocenters. The summed E-state index contributed by atoms with van der Waals surface area (Å²) in [6.45, 7) is 7.89. The number of hydrogen-bond acceptors (Lipinski definition) is 5. The van der Waals surface area contributed by atoms with Gasteiger partial charge in [0, 0.05) is 19.0 Å². The molecule has 21 heavy (non-hydrogen) atoms. The molecule has 6 nitrogen and oxygen atoms in total. The Labute approximate surface area is 125 Å². The highest BCUT2D eigenvalue weighted by Crippen LogP contribution is 2.39. The zero-order chi connectivity index (χ0) is 16.3. The van der Waals surface area contributed by atoms with E-state index in [4.69, 9.17) is 9.47 Å². The van der Waals surface area contributed by atoms with Crippen LogP contribution in [-0.4, -0.2) is 49.0 Å². The second-order valence-electron chi connectivity index (χ2n) is 6.54. The van der Waals surface area contributed by atoms with Gasteiger partial charge in [-0.25, -0.2) is 4.79 Å². The number of piperidine rings is 1. The first-order valence-corrected chi connectivity index (χ1v) is 7.18. The zero-order valence-electron chi connectivity index (χ0n) is 13.5. The number of carbonyl (C=O) groups is 3. The molecule has 6 heteroatoms. The lowest BCUT2D eigenvalue weighted by molar-refractivity contribution is -0.161. The summed E-state index contributed by atoms with van der Waals surface area (Å²) >= 11 is 0. The molecule has 1 heterocycles. The summed E-state index contributed by atoms with van der Waals surface area (Å²) in [6, 6.07) is 0. The van der Waals surface area contributed by atoms with Crippen LogP contribution in [0.25, 0.3) is 0 Å². The van der Waals surface area contributed by atoms with Gasteiger partial charge in [-0.1, -0.05) is 6.92 Å². The maximum Gasteiger partial charge on any atom is 0.410 e. The standard InChI is InChI=1S/C15H25NO5/c1-11(10-17)15(12(18)20-5)6-8-16(9-7-15)13(19)21-14(2,3)4/h10-11H,6-9H2,1-5H3. The van der Waals surface area contributed by atoms with Gasteiger partial charge in [-0.05, 0) is 33.6 Å². The van der Waals surface area contributed by atoms with Crippen molar-refractivity contribution in [3.63, 3.8) is 0 Å². The van der Waals surface area contributed by atoms with Crippen molar-refractivity contribution in [2.24, 2.45) is 11.3 Å². The molecular formula is C15H25NO5. The summed E-state index contributed by atoms with van der Waals surface area (Å²) < 4.78 is 10.2. The molecule has 1 unspecified atom stereocenters. The van der Waals surface area contributed by atoms with Crippen LogP contribution in [0.15, 0.2) is 0 Å². The van der Waals surface area contributed by atoms with E-state index >= 15 is 0 Å². The van der Waals surface area contributed by atoms with Crippen molar-refractivity contribution in [1.82, 2.24) is 4.90 Å². The Morgan fingerprint density at radius 1 is 1.24 bits per heavy atom. The maximum absolute atomic E-state index is 12.1. The van der Waals surface area contributed by atoms with Gasteiger partial charge in [0.2, 0.25) is 0 Å². The van der Waals surface area contributed by atoms with Crippen molar-refractivity contribution in [2.45, 2.75) is 46.1 Å². The van der Waals surface area contributed by atoms with E-state index in [0.717, 1.165) is 6.29 Å². The number of esters is 1. The van der Waals surface area contributed by atoms with Crippen LogP contribution in [0.4, 0.5) is 4.79 Å². The summed E-state index contributed by atoms with van der Waals surface area (Å²) in [5, 5.41) is 0. The van der Waals surface area contributed by atoms with Gasteiger partial charge in [0.25, 0.3) is 0 Å². The van der Waals surface area contributed by atoms with E-state index < -0.39 is 16.9 Å². The molecule has 1 amide bonds. The molecule has 0 spiro atoms. The first-order chi connectivity index (χ1) is 9.66. The van der Waals surface area contributed by atoms with E-state index in [0.29, 0.717) is 25.9 Å². The summed E-state index contributed by atoms with van der Waals surface area (Å²) in [4.78, 5) is 36.8. The second-order valence-corrected chi connectivity index (χ2v) is 6.54. The number of nitrogens with zero attached hydrogens (tertiary/aromatic N) is 1. The van der Waals surface area contributed by atoms with Crippen LogP contribution in [0.1, 0.15) is 40.5 Å². The molecular weight excluding hydrogens is 274 g/mol. The van der Waals surface area contributed by atoms with Gasteiger partial charge in [0.1, 0.15) is 11.9 Å². The Balaban J connectivity index is 2.77. The molecule has 0 N–H and O–H groups in total. The molecule has 1 aliphatic heterocycles. The summed E-state index contributed by atoms with van der Waals surface area (Å²) in [5.41, 5.74) is -1.39. The molecule has 0 bridgehead atoms. The van der Waals surface area contributed by atoms with Crippen molar-refractivity contribution in [1.29, 1.82) is 0 Å². The van der Waals surface area contributed by atoms with Crippen LogP contribution in [0, 0.1) is 11.3 Å². The number of amides is 1. The van der Waals surface area contributed by atoms with Gasteiger partial charge in [-0.15, -0.1) is 0 Å². The number of aldehydes is 1. The lowest BCUT2D eigenvalue weighted by Gasteiger charge is -2.41. The predicted molar refractivity (Wildman–Crippen MR) is 76.7 cm³/mol. The molecule has 1 aliphatic rings. The maximum atomic E-state index is 12.1. The number of ether oxygens (including phenoxy) is 2. The third-order valence-electron chi connectivity index (χ3n) is 3.98. The average molecular weight is 299 g/mol. The Kier molecular flexibility index (Phi) is 5.36. The fourth-order valence-corrected chi connectivity index (χ4v) is 2.59. The highest BCUT2D eigenvalue weighted by Gasteiger charge is 2.47. The number of likely N-dealkylation sites (tertiary alicyclic amines) is 1. The highest BCUT2D eigenvalue weighted by molar-refractivity contribution is 5.81. The van der Waals surface area contributed by atoms with Crippen molar-refractivity contribution in [3.05, 3.63) is 0 Å². The van der Waals surface area contributed by atoms with Crippen molar-refractivity contribution in [2.75, 3.05) is 20.2 Å². The van der Waals surface area contributed by atoms with Gasteiger partial charge in [-0.2, -0.15) is 0 Å². The molecule has 1 rings (SSSR count). The average Bonchev–Trinajstić information content (AvgIpc) is 2.43. The van der Waals surface area contributed by atoms with E-state index in [1.807, 2.05) is 20.8 Å². The van der Waals surface area contributed by atoms with Crippen LogP contribution in [-0.2, 0) is 19.1 Å². The van der Waals surface area contributed by atoms with Gasteiger partial charge in [-0.3, -0.25) is 4.79 Å². The first kappa shape index (κ1) is 17.5. The van der Waals surface area contributed by atoms with Gasteiger partial charge < -0.3 is 19.2 Å². The molecule has 1 saturated heterocycles. The minimum Gasteiger partial charge on any atom is -0.469 e. The Morgan fingerprint density at radius 3 is 2.14 bits per heavy atom. The number of rotatable bonds is 3. The van der Waals surface area contributed by atoms with Crippen LogP contribution in [0.5, 0.6) is 0 Å². The van der Waals surface area contributed by atoms with Crippen LogP contribution in [0.3, 0.4) is 0 Å². The summed E-state index contributed by atoms with van der Waals surface area (Å²) in [5.74, 6) is -0.823. The molecule has 0 aromatic rings. The van der Waals surface area contributed by atoms with Gasteiger partial charge >= 0.3 is 12.1 Å². The van der Waals surface area contributed by atoms with Crippen molar-refractivity contribution in [3.8, 4) is 0 Å². The van der Waals surface area contributed by atoms with Crippen LogP contribution in [0.2, 0.25) is 0 Å². The minimum absolute atomic E-state index is 0.377. The summed E-state index contributed by atoms with van der Waals surface area (Å²) in [7, 11) is 1.32. The van der Waals surface area contributed by atoms with E-state index in [9.17, 15) is 14.4 Å². The Bertz CT molecular complexity index is 405. The SMILES string of the molecule is COC(=O)C1(C(C)C=O)CCN(C(=O)OC(C)(C)C)CC1. The fraction of sp³-hybridized carbons (Fsp3) is 0.800. The van der Waals surface area contributed by atoms with E-state index in [2.05, 4.69) is 0 Å². The molecule has 120 valence electrons. The number of carbonyl (C=O) groups excluding carboxylic acids is 3. The molecule has 0 aromatic carbocycles. The molecule has 0 aromatic heterocycles. The van der Waals surface area contributed by atoms with Crippen LogP contribution >= 0.6 is 0 Å². The molecule has 0 saturated carbocycles. The lowest BCUT2D eigenvalue weighted by Crippen LogP contribution is -2.51. The van der Waals surface area contributed by atoms with Crippen molar-refractivity contribution < 1.29 is 23.9 Å².